The van der Waals surface area contributed by atoms with Crippen molar-refractivity contribution in [3.63, 3.8) is 0 Å². The number of aromatic nitrogens is 1. The van der Waals surface area contributed by atoms with E-state index in [1.807, 2.05) is 24.2 Å². The smallest absolute Gasteiger partial charge is 0.0669 e. The van der Waals surface area contributed by atoms with Crippen LogP contribution in [-0.4, -0.2) is 27.7 Å². The Morgan fingerprint density at radius 3 is 3.00 bits per heavy atom. The van der Waals surface area contributed by atoms with Gasteiger partial charge in [-0.1, -0.05) is 6.07 Å². The minimum absolute atomic E-state index is 0.125. The van der Waals surface area contributed by atoms with E-state index in [9.17, 15) is 5.11 Å². The fraction of sp³-hybridized carbons (Fsp3) is 0.545. The van der Waals surface area contributed by atoms with Crippen molar-refractivity contribution in [2.75, 3.05) is 11.5 Å². The second kappa shape index (κ2) is 4.32. The number of pyridine rings is 1. The molecule has 14 heavy (non-hydrogen) atoms. The molecule has 0 bridgehead atoms. The molecule has 2 nitrogen and oxygen atoms in total. The van der Waals surface area contributed by atoms with Crippen LogP contribution in [0, 0.1) is 12.8 Å². The number of aliphatic hydroxyl groups excluding tert-OH is 1. The van der Waals surface area contributed by atoms with Gasteiger partial charge in [-0.3, -0.25) is 4.98 Å². The van der Waals surface area contributed by atoms with Crippen LogP contribution in [0.5, 0.6) is 0 Å². The second-order valence-corrected chi connectivity index (χ2v) is 5.01. The van der Waals surface area contributed by atoms with Crippen LogP contribution in [0.25, 0.3) is 0 Å². The summed E-state index contributed by atoms with van der Waals surface area (Å²) in [5.41, 5.74) is 2.44. The van der Waals surface area contributed by atoms with Crippen LogP contribution in [0.1, 0.15) is 11.1 Å². The van der Waals surface area contributed by atoms with E-state index >= 15 is 0 Å². The van der Waals surface area contributed by atoms with Gasteiger partial charge < -0.3 is 5.11 Å². The van der Waals surface area contributed by atoms with Gasteiger partial charge in [0.1, 0.15) is 0 Å². The lowest BCUT2D eigenvalue weighted by Gasteiger charge is -2.12. The van der Waals surface area contributed by atoms with E-state index in [4.69, 9.17) is 0 Å². The Bertz CT molecular complexity index is 316. The van der Waals surface area contributed by atoms with Crippen molar-refractivity contribution in [1.29, 1.82) is 0 Å². The predicted molar refractivity (Wildman–Crippen MR) is 59.5 cm³/mol. The van der Waals surface area contributed by atoms with Crippen molar-refractivity contribution in [3.8, 4) is 0 Å². The van der Waals surface area contributed by atoms with Crippen LogP contribution in [-0.2, 0) is 6.42 Å². The summed E-state index contributed by atoms with van der Waals surface area (Å²) in [6.07, 6.45) is 4.61. The first-order valence-corrected chi connectivity index (χ1v) is 6.07. The Labute approximate surface area is 88.8 Å². The zero-order chi connectivity index (χ0) is 9.97. The number of rotatable bonds is 2. The highest BCUT2D eigenvalue weighted by molar-refractivity contribution is 7.99. The molecule has 1 saturated heterocycles. The first kappa shape index (κ1) is 9.99. The van der Waals surface area contributed by atoms with Gasteiger partial charge in [0, 0.05) is 18.1 Å². The number of aryl methyl sites for hydroxylation is 1. The second-order valence-electron chi connectivity index (χ2n) is 3.94. The highest BCUT2D eigenvalue weighted by Gasteiger charge is 2.25. The maximum absolute atomic E-state index is 9.68. The Morgan fingerprint density at radius 1 is 1.50 bits per heavy atom. The number of aliphatic hydroxyl groups is 1. The van der Waals surface area contributed by atoms with Gasteiger partial charge in [-0.05, 0) is 36.1 Å². The summed E-state index contributed by atoms with van der Waals surface area (Å²) in [4.78, 5) is 4.16. The summed E-state index contributed by atoms with van der Waals surface area (Å²) < 4.78 is 0. The molecular formula is C11H15NOS. The predicted octanol–water partition coefficient (Wildman–Crippen LogP) is 1.66. The summed E-state index contributed by atoms with van der Waals surface area (Å²) in [6.45, 7) is 2.05. The molecule has 2 unspecified atom stereocenters. The molecule has 0 amide bonds. The minimum atomic E-state index is -0.125. The Morgan fingerprint density at radius 2 is 2.36 bits per heavy atom. The zero-order valence-electron chi connectivity index (χ0n) is 8.31. The average Bonchev–Trinajstić information content (AvgIpc) is 2.52. The SMILES string of the molecule is Cc1cncc(CC2CSCC2O)c1. The van der Waals surface area contributed by atoms with E-state index in [0.29, 0.717) is 5.92 Å². The summed E-state index contributed by atoms with van der Waals surface area (Å²) in [5, 5.41) is 9.68. The summed E-state index contributed by atoms with van der Waals surface area (Å²) in [5.74, 6) is 2.39. The van der Waals surface area contributed by atoms with Gasteiger partial charge in [0.25, 0.3) is 0 Å². The zero-order valence-corrected chi connectivity index (χ0v) is 9.13. The van der Waals surface area contributed by atoms with Crippen molar-refractivity contribution >= 4 is 11.8 Å². The van der Waals surface area contributed by atoms with E-state index in [1.54, 1.807) is 0 Å². The van der Waals surface area contributed by atoms with Gasteiger partial charge in [-0.25, -0.2) is 0 Å². The normalized spacial score (nSPS) is 26.7. The Balaban J connectivity index is 2.03. The molecule has 0 aromatic carbocycles. The van der Waals surface area contributed by atoms with Crippen molar-refractivity contribution in [2.45, 2.75) is 19.4 Å². The van der Waals surface area contributed by atoms with E-state index in [1.165, 1.54) is 11.1 Å². The highest BCUT2D eigenvalue weighted by atomic mass is 32.2. The third-order valence-electron chi connectivity index (χ3n) is 2.59. The molecule has 0 spiro atoms. The van der Waals surface area contributed by atoms with Gasteiger partial charge in [0.2, 0.25) is 0 Å². The van der Waals surface area contributed by atoms with Gasteiger partial charge in [-0.2, -0.15) is 11.8 Å². The molecule has 2 atom stereocenters. The molecule has 1 fully saturated rings. The number of hydrogen-bond acceptors (Lipinski definition) is 3. The molecule has 0 saturated carbocycles. The maximum Gasteiger partial charge on any atom is 0.0669 e. The van der Waals surface area contributed by atoms with Gasteiger partial charge in [0.15, 0.2) is 0 Å². The van der Waals surface area contributed by atoms with E-state index < -0.39 is 0 Å². The largest absolute Gasteiger partial charge is 0.392 e. The standard InChI is InChI=1S/C11H15NOS/c1-8-2-9(5-12-4-8)3-10-6-14-7-11(10)13/h2,4-5,10-11,13H,3,6-7H2,1H3. The van der Waals surface area contributed by atoms with Crippen molar-refractivity contribution in [2.24, 2.45) is 5.92 Å². The fourth-order valence-electron chi connectivity index (χ4n) is 1.81. The maximum atomic E-state index is 9.68. The van der Waals surface area contributed by atoms with Crippen LogP contribution < -0.4 is 0 Å². The molecule has 2 rings (SSSR count). The molecule has 3 heteroatoms. The average molecular weight is 209 g/mol. The molecule has 0 radical (unpaired) electrons. The molecule has 0 aliphatic carbocycles. The van der Waals surface area contributed by atoms with E-state index in [-0.39, 0.29) is 6.10 Å². The first-order valence-electron chi connectivity index (χ1n) is 4.92. The molecule has 2 heterocycles. The van der Waals surface area contributed by atoms with Crippen LogP contribution in [0.3, 0.4) is 0 Å². The molecule has 1 aromatic heterocycles. The van der Waals surface area contributed by atoms with E-state index in [2.05, 4.69) is 18.0 Å². The lowest BCUT2D eigenvalue weighted by atomic mass is 9.97. The quantitative estimate of drug-likeness (QED) is 0.804. The molecule has 1 aliphatic heterocycles. The Hall–Kier alpha value is -0.540. The van der Waals surface area contributed by atoms with Crippen molar-refractivity contribution in [3.05, 3.63) is 29.6 Å². The summed E-state index contributed by atoms with van der Waals surface area (Å²) in [7, 11) is 0. The summed E-state index contributed by atoms with van der Waals surface area (Å²) in [6, 6.07) is 2.16. The lowest BCUT2D eigenvalue weighted by molar-refractivity contribution is 0.150. The van der Waals surface area contributed by atoms with Gasteiger partial charge in [0.05, 0.1) is 6.10 Å². The number of thioether (sulfide) groups is 1. The lowest BCUT2D eigenvalue weighted by Crippen LogP contribution is -2.19. The highest BCUT2D eigenvalue weighted by Crippen LogP contribution is 2.27. The third kappa shape index (κ3) is 2.28. The van der Waals surface area contributed by atoms with Gasteiger partial charge >= 0.3 is 0 Å². The van der Waals surface area contributed by atoms with Crippen molar-refractivity contribution < 1.29 is 5.11 Å². The minimum Gasteiger partial charge on any atom is -0.392 e. The Kier molecular flexibility index (Phi) is 3.08. The van der Waals surface area contributed by atoms with Crippen LogP contribution in [0.2, 0.25) is 0 Å². The van der Waals surface area contributed by atoms with Crippen LogP contribution in [0.4, 0.5) is 0 Å². The molecular weight excluding hydrogens is 194 g/mol. The molecule has 1 N–H and O–H groups in total. The van der Waals surface area contributed by atoms with E-state index in [0.717, 1.165) is 17.9 Å². The molecule has 1 aromatic rings. The van der Waals surface area contributed by atoms with Gasteiger partial charge in [-0.15, -0.1) is 0 Å². The van der Waals surface area contributed by atoms with Crippen LogP contribution >= 0.6 is 11.8 Å². The fourth-order valence-corrected chi connectivity index (χ4v) is 3.11. The number of hydrogen-bond donors (Lipinski definition) is 1. The molecule has 1 aliphatic rings. The third-order valence-corrected chi connectivity index (χ3v) is 3.84. The molecule has 76 valence electrons. The summed E-state index contributed by atoms with van der Waals surface area (Å²) >= 11 is 1.84. The van der Waals surface area contributed by atoms with Crippen molar-refractivity contribution in [1.82, 2.24) is 4.98 Å². The first-order chi connectivity index (χ1) is 6.75. The monoisotopic (exact) mass is 209 g/mol. The van der Waals surface area contributed by atoms with Crippen LogP contribution in [0.15, 0.2) is 18.5 Å². The topological polar surface area (TPSA) is 33.1 Å². The number of nitrogens with zero attached hydrogens (tertiary/aromatic N) is 1.